The van der Waals surface area contributed by atoms with Gasteiger partial charge in [-0.05, 0) is 54.8 Å². The lowest BCUT2D eigenvalue weighted by molar-refractivity contribution is 0.291. The minimum absolute atomic E-state index is 0.213. The molecule has 136 valence electrons. The highest BCUT2D eigenvalue weighted by molar-refractivity contribution is 7.98. The van der Waals surface area contributed by atoms with Gasteiger partial charge in [0.1, 0.15) is 18.2 Å². The summed E-state index contributed by atoms with van der Waals surface area (Å²) < 4.78 is 20.3. The lowest BCUT2D eigenvalue weighted by Crippen LogP contribution is -2.15. The van der Waals surface area contributed by atoms with Crippen molar-refractivity contribution >= 4 is 23.4 Å². The Morgan fingerprint density at radius 2 is 1.88 bits per heavy atom. The third-order valence-electron chi connectivity index (χ3n) is 3.67. The molecule has 2 N–H and O–H groups in total. The van der Waals surface area contributed by atoms with Crippen LogP contribution in [0.15, 0.2) is 41.6 Å². The molecule has 0 unspecified atom stereocenters. The van der Waals surface area contributed by atoms with E-state index < -0.39 is 0 Å². The fourth-order valence-corrected chi connectivity index (χ4v) is 3.64. The third kappa shape index (κ3) is 4.47. The van der Waals surface area contributed by atoms with E-state index in [-0.39, 0.29) is 12.4 Å². The molecule has 0 saturated carbocycles. The zero-order valence-electron chi connectivity index (χ0n) is 14.4. The van der Waals surface area contributed by atoms with E-state index in [0.717, 1.165) is 22.4 Å². The number of nitrogens with two attached hydrogens (primary N) is 1. The summed E-state index contributed by atoms with van der Waals surface area (Å²) in [6, 6.07) is 10.3. The number of hydrogen-bond donors (Lipinski definition) is 1. The van der Waals surface area contributed by atoms with E-state index >= 15 is 0 Å². The van der Waals surface area contributed by atoms with E-state index in [0.29, 0.717) is 21.8 Å². The average molecular weight is 393 g/mol. The molecule has 0 fully saturated rings. The van der Waals surface area contributed by atoms with Crippen molar-refractivity contribution in [2.75, 3.05) is 5.84 Å². The Morgan fingerprint density at radius 3 is 2.58 bits per heavy atom. The Hall–Kier alpha value is -2.25. The van der Waals surface area contributed by atoms with Crippen molar-refractivity contribution in [2.24, 2.45) is 0 Å². The molecular weight excluding hydrogens is 375 g/mol. The second kappa shape index (κ2) is 7.97. The second-order valence-electron chi connectivity index (χ2n) is 5.91. The van der Waals surface area contributed by atoms with Crippen molar-refractivity contribution in [1.82, 2.24) is 14.9 Å². The van der Waals surface area contributed by atoms with Crippen LogP contribution in [0.25, 0.3) is 0 Å². The highest BCUT2D eigenvalue weighted by Crippen LogP contribution is 2.26. The highest BCUT2D eigenvalue weighted by atomic mass is 35.5. The molecule has 1 aromatic heterocycles. The first-order valence-electron chi connectivity index (χ1n) is 7.89. The number of hydrogen-bond acceptors (Lipinski definition) is 5. The zero-order valence-corrected chi connectivity index (χ0v) is 15.9. The van der Waals surface area contributed by atoms with E-state index in [1.54, 1.807) is 6.07 Å². The quantitative estimate of drug-likeness (QED) is 0.501. The molecule has 1 heterocycles. The summed E-state index contributed by atoms with van der Waals surface area (Å²) in [6.07, 6.45) is 0. The first-order chi connectivity index (χ1) is 12.4. The highest BCUT2D eigenvalue weighted by Gasteiger charge is 2.12. The molecule has 0 aliphatic heterocycles. The number of benzene rings is 2. The molecule has 26 heavy (non-hydrogen) atoms. The van der Waals surface area contributed by atoms with Gasteiger partial charge in [-0.1, -0.05) is 35.5 Å². The maximum atomic E-state index is 13.1. The number of thioether (sulfide) groups is 1. The first-order valence-corrected chi connectivity index (χ1v) is 9.26. The van der Waals surface area contributed by atoms with Gasteiger partial charge in [0.25, 0.3) is 0 Å². The predicted molar refractivity (Wildman–Crippen MR) is 101 cm³/mol. The van der Waals surface area contributed by atoms with Gasteiger partial charge in [0.2, 0.25) is 5.16 Å². The molecule has 0 aliphatic rings. The van der Waals surface area contributed by atoms with Gasteiger partial charge in [0.05, 0.1) is 0 Å². The van der Waals surface area contributed by atoms with Crippen LogP contribution >= 0.6 is 23.4 Å². The van der Waals surface area contributed by atoms with Crippen molar-refractivity contribution in [3.63, 3.8) is 0 Å². The summed E-state index contributed by atoms with van der Waals surface area (Å²) in [5, 5.41) is 9.06. The number of aryl methyl sites for hydroxylation is 2. The molecule has 0 saturated heterocycles. The van der Waals surface area contributed by atoms with Gasteiger partial charge < -0.3 is 10.6 Å². The van der Waals surface area contributed by atoms with Crippen molar-refractivity contribution in [2.45, 2.75) is 31.4 Å². The molecule has 0 atom stereocenters. The fourth-order valence-electron chi connectivity index (χ4n) is 2.45. The summed E-state index contributed by atoms with van der Waals surface area (Å²) >= 11 is 7.41. The Morgan fingerprint density at radius 1 is 1.15 bits per heavy atom. The van der Waals surface area contributed by atoms with Gasteiger partial charge in [-0.3, -0.25) is 0 Å². The van der Waals surface area contributed by atoms with Gasteiger partial charge in [0, 0.05) is 10.8 Å². The van der Waals surface area contributed by atoms with Crippen molar-refractivity contribution in [3.05, 3.63) is 69.8 Å². The molecule has 0 spiro atoms. The van der Waals surface area contributed by atoms with E-state index in [4.69, 9.17) is 22.2 Å². The number of nitrogen functional groups attached to an aromatic ring is 1. The lowest BCUT2D eigenvalue weighted by atomic mass is 10.1. The Labute approximate surface area is 160 Å². The topological polar surface area (TPSA) is 66.0 Å². The van der Waals surface area contributed by atoms with Gasteiger partial charge in [-0.25, -0.2) is 9.07 Å². The van der Waals surface area contributed by atoms with E-state index in [1.165, 1.54) is 28.6 Å². The molecule has 3 rings (SSSR count). The predicted octanol–water partition coefficient (Wildman–Crippen LogP) is 4.27. The van der Waals surface area contributed by atoms with Gasteiger partial charge in [-0.2, -0.15) is 0 Å². The molecule has 0 aliphatic carbocycles. The Balaban J connectivity index is 1.64. The van der Waals surface area contributed by atoms with E-state index in [9.17, 15) is 4.39 Å². The van der Waals surface area contributed by atoms with Crippen LogP contribution in [0.2, 0.25) is 5.02 Å². The van der Waals surface area contributed by atoms with Crippen molar-refractivity contribution < 1.29 is 9.13 Å². The number of aromatic nitrogens is 3. The zero-order chi connectivity index (χ0) is 18.7. The Bertz CT molecular complexity index is 911. The van der Waals surface area contributed by atoms with Crippen LogP contribution < -0.4 is 10.6 Å². The second-order valence-corrected chi connectivity index (χ2v) is 7.26. The Kier molecular flexibility index (Phi) is 5.68. The van der Waals surface area contributed by atoms with Crippen LogP contribution in [0.4, 0.5) is 4.39 Å². The van der Waals surface area contributed by atoms with Gasteiger partial charge in [-0.15, -0.1) is 10.2 Å². The van der Waals surface area contributed by atoms with Crippen LogP contribution in [0.1, 0.15) is 22.5 Å². The SMILES string of the molecule is Cc1cc(C)cc(OCc2nnc(SCc3ccc(F)cc3Cl)n2N)c1. The monoisotopic (exact) mass is 392 g/mol. The number of rotatable bonds is 6. The number of halogens is 2. The van der Waals surface area contributed by atoms with Crippen LogP contribution in [-0.2, 0) is 12.4 Å². The van der Waals surface area contributed by atoms with Crippen LogP contribution in [-0.4, -0.2) is 14.9 Å². The minimum Gasteiger partial charge on any atom is -0.486 e. The minimum atomic E-state index is -0.364. The summed E-state index contributed by atoms with van der Waals surface area (Å²) in [5.41, 5.74) is 3.05. The average Bonchev–Trinajstić information content (AvgIpc) is 2.91. The maximum Gasteiger partial charge on any atom is 0.210 e. The van der Waals surface area contributed by atoms with E-state index in [2.05, 4.69) is 16.3 Å². The van der Waals surface area contributed by atoms with Gasteiger partial charge >= 0.3 is 0 Å². The summed E-state index contributed by atoms with van der Waals surface area (Å²) in [4.78, 5) is 0. The summed E-state index contributed by atoms with van der Waals surface area (Å²) in [7, 11) is 0. The smallest absolute Gasteiger partial charge is 0.210 e. The van der Waals surface area contributed by atoms with E-state index in [1.807, 2.05) is 26.0 Å². The van der Waals surface area contributed by atoms with Crippen LogP contribution in [0, 0.1) is 19.7 Å². The molecule has 3 aromatic rings. The van der Waals surface area contributed by atoms with Gasteiger partial charge in [0.15, 0.2) is 5.82 Å². The molecule has 5 nitrogen and oxygen atoms in total. The number of ether oxygens (including phenoxy) is 1. The third-order valence-corrected chi connectivity index (χ3v) is 5.01. The molecule has 8 heteroatoms. The molecule has 2 aromatic carbocycles. The largest absolute Gasteiger partial charge is 0.486 e. The van der Waals surface area contributed by atoms with Crippen LogP contribution in [0.5, 0.6) is 5.75 Å². The normalized spacial score (nSPS) is 10.9. The fraction of sp³-hybridized carbons (Fsp3) is 0.222. The maximum absolute atomic E-state index is 13.1. The lowest BCUT2D eigenvalue weighted by Gasteiger charge is -2.08. The molecular formula is C18H18ClFN4OS. The summed E-state index contributed by atoms with van der Waals surface area (Å²) in [5.74, 6) is 7.47. The standard InChI is InChI=1S/C18H18ClFN4OS/c1-11-5-12(2)7-15(6-11)25-9-17-22-23-18(24(17)21)26-10-13-3-4-14(20)8-16(13)19/h3-8H,9-10,21H2,1-2H3. The first kappa shape index (κ1) is 18.5. The molecule has 0 bridgehead atoms. The summed E-state index contributed by atoms with van der Waals surface area (Å²) in [6.45, 7) is 4.24. The van der Waals surface area contributed by atoms with Crippen molar-refractivity contribution in [3.8, 4) is 5.75 Å². The molecule has 0 amide bonds. The van der Waals surface area contributed by atoms with Crippen LogP contribution in [0.3, 0.4) is 0 Å². The molecule has 0 radical (unpaired) electrons. The van der Waals surface area contributed by atoms with Crippen molar-refractivity contribution in [1.29, 1.82) is 0 Å². The number of nitrogens with zero attached hydrogens (tertiary/aromatic N) is 3.